The number of thiazole rings is 1. The van der Waals surface area contributed by atoms with Crippen LogP contribution in [0.25, 0.3) is 11.5 Å². The van der Waals surface area contributed by atoms with E-state index < -0.39 is 0 Å². The molecule has 6 heteroatoms. The minimum Gasteiger partial charge on any atom is -0.304 e. The second kappa shape index (κ2) is 4.88. The van der Waals surface area contributed by atoms with Crippen molar-refractivity contribution in [2.24, 2.45) is 0 Å². The summed E-state index contributed by atoms with van der Waals surface area (Å²) in [6, 6.07) is 0. The molecule has 0 amide bonds. The van der Waals surface area contributed by atoms with Gasteiger partial charge in [0, 0.05) is 5.38 Å². The van der Waals surface area contributed by atoms with Gasteiger partial charge in [0.2, 0.25) is 0 Å². The van der Waals surface area contributed by atoms with Crippen LogP contribution >= 0.6 is 27.3 Å². The minimum absolute atomic E-state index is 0.151. The van der Waals surface area contributed by atoms with Crippen LogP contribution < -0.4 is 5.56 Å². The molecule has 84 valence electrons. The number of aromatic amines is 1. The summed E-state index contributed by atoms with van der Waals surface area (Å²) in [5.74, 6) is 0.540. The SMILES string of the molecule is CCCc1nc(-c2cscn2)[nH]c(=O)c1Br. The van der Waals surface area contributed by atoms with E-state index in [9.17, 15) is 4.79 Å². The molecular formula is C10H10BrN3OS. The van der Waals surface area contributed by atoms with Gasteiger partial charge < -0.3 is 4.98 Å². The largest absolute Gasteiger partial charge is 0.304 e. The molecule has 2 rings (SSSR count). The first-order valence-corrected chi connectivity index (χ1v) is 6.63. The average molecular weight is 300 g/mol. The Hall–Kier alpha value is -1.01. The van der Waals surface area contributed by atoms with Crippen LogP contribution in [0, 0.1) is 0 Å². The van der Waals surface area contributed by atoms with Gasteiger partial charge in [-0.2, -0.15) is 0 Å². The highest BCUT2D eigenvalue weighted by molar-refractivity contribution is 9.10. The zero-order valence-corrected chi connectivity index (χ0v) is 11.1. The monoisotopic (exact) mass is 299 g/mol. The van der Waals surface area contributed by atoms with Crippen molar-refractivity contribution < 1.29 is 0 Å². The maximum atomic E-state index is 11.7. The van der Waals surface area contributed by atoms with Gasteiger partial charge >= 0.3 is 0 Å². The van der Waals surface area contributed by atoms with Crippen LogP contribution in [-0.2, 0) is 6.42 Å². The van der Waals surface area contributed by atoms with Crippen LogP contribution in [0.4, 0.5) is 0 Å². The van der Waals surface area contributed by atoms with E-state index in [1.54, 1.807) is 5.51 Å². The van der Waals surface area contributed by atoms with Crippen LogP contribution in [0.2, 0.25) is 0 Å². The predicted molar refractivity (Wildman–Crippen MR) is 67.7 cm³/mol. The van der Waals surface area contributed by atoms with Gasteiger partial charge in [0.15, 0.2) is 5.82 Å². The highest BCUT2D eigenvalue weighted by Crippen LogP contribution is 2.17. The Balaban J connectivity index is 2.53. The molecule has 2 aromatic rings. The summed E-state index contributed by atoms with van der Waals surface area (Å²) in [4.78, 5) is 22.9. The molecule has 4 nitrogen and oxygen atoms in total. The van der Waals surface area contributed by atoms with Crippen LogP contribution in [0.3, 0.4) is 0 Å². The predicted octanol–water partition coefficient (Wildman–Crippen LogP) is 2.61. The fourth-order valence-electron chi connectivity index (χ4n) is 1.36. The number of hydrogen-bond acceptors (Lipinski definition) is 4. The maximum absolute atomic E-state index is 11.7. The summed E-state index contributed by atoms with van der Waals surface area (Å²) in [5, 5.41) is 1.86. The van der Waals surface area contributed by atoms with E-state index >= 15 is 0 Å². The quantitative estimate of drug-likeness (QED) is 0.948. The molecule has 2 heterocycles. The smallest absolute Gasteiger partial charge is 0.265 e. The molecule has 0 fully saturated rings. The third-order valence-electron chi connectivity index (χ3n) is 2.09. The number of hydrogen-bond donors (Lipinski definition) is 1. The van der Waals surface area contributed by atoms with E-state index in [-0.39, 0.29) is 5.56 Å². The summed E-state index contributed by atoms with van der Waals surface area (Å²) in [6.45, 7) is 2.05. The molecule has 16 heavy (non-hydrogen) atoms. The Morgan fingerprint density at radius 3 is 3.00 bits per heavy atom. The van der Waals surface area contributed by atoms with E-state index in [0.29, 0.717) is 16.0 Å². The fraction of sp³-hybridized carbons (Fsp3) is 0.300. The van der Waals surface area contributed by atoms with Gasteiger partial charge in [-0.1, -0.05) is 13.3 Å². The number of nitrogens with one attached hydrogen (secondary N) is 1. The molecule has 0 bridgehead atoms. The number of aromatic nitrogens is 3. The normalized spacial score (nSPS) is 10.6. The molecule has 0 aliphatic carbocycles. The number of H-pyrrole nitrogens is 1. The third kappa shape index (κ3) is 2.22. The highest BCUT2D eigenvalue weighted by atomic mass is 79.9. The average Bonchev–Trinajstić information content (AvgIpc) is 2.78. The van der Waals surface area contributed by atoms with Crippen molar-refractivity contribution in [1.82, 2.24) is 15.0 Å². The van der Waals surface area contributed by atoms with Gasteiger partial charge in [-0.25, -0.2) is 9.97 Å². The van der Waals surface area contributed by atoms with Crippen LogP contribution in [0.15, 0.2) is 20.2 Å². The Labute approximate surface area is 105 Å². The van der Waals surface area contributed by atoms with Crippen molar-refractivity contribution in [3.63, 3.8) is 0 Å². The molecule has 1 N–H and O–H groups in total. The van der Waals surface area contributed by atoms with Crippen molar-refractivity contribution in [2.75, 3.05) is 0 Å². The second-order valence-corrected chi connectivity index (χ2v) is 4.81. The van der Waals surface area contributed by atoms with Gasteiger partial charge in [0.1, 0.15) is 10.2 Å². The van der Waals surface area contributed by atoms with Gasteiger partial charge in [0.05, 0.1) is 11.2 Å². The summed E-state index contributed by atoms with van der Waals surface area (Å²) >= 11 is 4.73. The number of rotatable bonds is 3. The van der Waals surface area contributed by atoms with Crippen molar-refractivity contribution in [3.8, 4) is 11.5 Å². The summed E-state index contributed by atoms with van der Waals surface area (Å²) in [5.41, 5.74) is 3.07. The van der Waals surface area contributed by atoms with Gasteiger partial charge in [-0.15, -0.1) is 11.3 Å². The van der Waals surface area contributed by atoms with E-state index in [1.807, 2.05) is 5.38 Å². The summed E-state index contributed by atoms with van der Waals surface area (Å²) in [7, 11) is 0. The van der Waals surface area contributed by atoms with Crippen LogP contribution in [0.5, 0.6) is 0 Å². The molecule has 0 saturated heterocycles. The molecule has 0 atom stereocenters. The Morgan fingerprint density at radius 2 is 2.38 bits per heavy atom. The molecule has 0 saturated carbocycles. The lowest BCUT2D eigenvalue weighted by Gasteiger charge is -2.03. The third-order valence-corrected chi connectivity index (χ3v) is 3.50. The molecule has 2 aromatic heterocycles. The zero-order chi connectivity index (χ0) is 11.5. The second-order valence-electron chi connectivity index (χ2n) is 3.30. The van der Waals surface area contributed by atoms with Crippen LogP contribution in [0.1, 0.15) is 19.0 Å². The van der Waals surface area contributed by atoms with Crippen molar-refractivity contribution in [2.45, 2.75) is 19.8 Å². The molecule has 0 aromatic carbocycles. The zero-order valence-electron chi connectivity index (χ0n) is 8.66. The number of halogens is 1. The van der Waals surface area contributed by atoms with E-state index in [2.05, 4.69) is 37.8 Å². The fourth-order valence-corrected chi connectivity index (χ4v) is 2.28. The molecular weight excluding hydrogens is 290 g/mol. The lowest BCUT2D eigenvalue weighted by atomic mass is 10.2. The highest BCUT2D eigenvalue weighted by Gasteiger charge is 2.10. The van der Waals surface area contributed by atoms with Crippen molar-refractivity contribution in [3.05, 3.63) is 31.4 Å². The topological polar surface area (TPSA) is 58.6 Å². The number of nitrogens with zero attached hydrogens (tertiary/aromatic N) is 2. The van der Waals surface area contributed by atoms with E-state index in [0.717, 1.165) is 18.5 Å². The van der Waals surface area contributed by atoms with Crippen molar-refractivity contribution >= 4 is 27.3 Å². The van der Waals surface area contributed by atoms with Gasteiger partial charge in [-0.3, -0.25) is 4.79 Å². The molecule has 0 aliphatic heterocycles. The van der Waals surface area contributed by atoms with Gasteiger partial charge in [0.25, 0.3) is 5.56 Å². The lowest BCUT2D eigenvalue weighted by molar-refractivity contribution is 0.860. The van der Waals surface area contributed by atoms with Crippen molar-refractivity contribution in [1.29, 1.82) is 0 Å². The molecule has 0 unspecified atom stereocenters. The summed E-state index contributed by atoms with van der Waals surface area (Å²) < 4.78 is 0.522. The van der Waals surface area contributed by atoms with Crippen LogP contribution in [-0.4, -0.2) is 15.0 Å². The molecule has 0 aliphatic rings. The number of aryl methyl sites for hydroxylation is 1. The van der Waals surface area contributed by atoms with E-state index in [1.165, 1.54) is 11.3 Å². The summed E-state index contributed by atoms with van der Waals surface area (Å²) in [6.07, 6.45) is 1.73. The Bertz CT molecular complexity index is 535. The molecule has 0 radical (unpaired) electrons. The first kappa shape index (κ1) is 11.5. The Morgan fingerprint density at radius 1 is 1.56 bits per heavy atom. The maximum Gasteiger partial charge on any atom is 0.265 e. The lowest BCUT2D eigenvalue weighted by Crippen LogP contribution is -2.13. The van der Waals surface area contributed by atoms with Gasteiger partial charge in [-0.05, 0) is 22.4 Å². The minimum atomic E-state index is -0.151. The molecule has 0 spiro atoms. The first-order chi connectivity index (χ1) is 7.72. The van der Waals surface area contributed by atoms with E-state index in [4.69, 9.17) is 0 Å². The first-order valence-electron chi connectivity index (χ1n) is 4.89. The Kier molecular flexibility index (Phi) is 3.50. The standard InChI is InChI=1S/C10H10BrN3OS/c1-2-3-6-8(11)10(15)14-9(13-6)7-4-16-5-12-7/h4-5H,2-3H2,1H3,(H,13,14,15).